The molecule has 0 spiro atoms. The van der Waals surface area contributed by atoms with Gasteiger partial charge < -0.3 is 20.1 Å². The normalized spacial score (nSPS) is 22.8. The standard InChI is InChI=1S/C20H27N5O3.ClH/c1-13-19(20(26)22-16-11-14-3-4-15(12-16)21-14)24-25(23-13)17-5-7-18(8-6-17)28-10-9-27-2;/h5-8,14-16,21H,3-4,9-12H2,1-2H3,(H,22,26);1H. The molecule has 3 heterocycles. The maximum absolute atomic E-state index is 12.7. The minimum absolute atomic E-state index is 0. The summed E-state index contributed by atoms with van der Waals surface area (Å²) in [4.78, 5) is 14.2. The molecule has 2 N–H and O–H groups in total. The molecule has 2 fully saturated rings. The largest absolute Gasteiger partial charge is 0.491 e. The number of nitrogens with zero attached hydrogens (tertiary/aromatic N) is 3. The molecule has 2 aliphatic rings. The SMILES string of the molecule is COCCOc1ccc(-n2nc(C)c(C(=O)NC3CC4CCC(C3)N4)n2)cc1.Cl. The van der Waals surface area contributed by atoms with Crippen molar-refractivity contribution in [2.45, 2.75) is 50.7 Å². The van der Waals surface area contributed by atoms with Crippen LogP contribution in [0.5, 0.6) is 5.75 Å². The Labute approximate surface area is 176 Å². The van der Waals surface area contributed by atoms with E-state index in [0.29, 0.717) is 36.7 Å². The van der Waals surface area contributed by atoms with Crippen LogP contribution in [0.1, 0.15) is 41.9 Å². The average Bonchev–Trinajstić information content (AvgIpc) is 3.24. The van der Waals surface area contributed by atoms with E-state index in [0.717, 1.165) is 24.3 Å². The number of carbonyl (C=O) groups is 1. The van der Waals surface area contributed by atoms with Crippen molar-refractivity contribution in [3.63, 3.8) is 0 Å². The molecule has 2 saturated heterocycles. The van der Waals surface area contributed by atoms with Crippen molar-refractivity contribution in [2.75, 3.05) is 20.3 Å². The molecule has 2 aromatic rings. The second kappa shape index (κ2) is 9.56. The highest BCUT2D eigenvalue weighted by Crippen LogP contribution is 2.27. The van der Waals surface area contributed by atoms with Crippen LogP contribution in [0, 0.1) is 6.92 Å². The number of hydrogen-bond acceptors (Lipinski definition) is 6. The molecule has 158 valence electrons. The van der Waals surface area contributed by atoms with E-state index >= 15 is 0 Å². The summed E-state index contributed by atoms with van der Waals surface area (Å²) in [6.07, 6.45) is 4.38. The Kier molecular flexibility index (Phi) is 7.10. The van der Waals surface area contributed by atoms with Crippen molar-refractivity contribution in [3.8, 4) is 11.4 Å². The smallest absolute Gasteiger partial charge is 0.273 e. The van der Waals surface area contributed by atoms with Crippen LogP contribution >= 0.6 is 12.4 Å². The number of nitrogens with one attached hydrogen (secondary N) is 2. The molecule has 0 aliphatic carbocycles. The van der Waals surface area contributed by atoms with Crippen LogP contribution in [0.2, 0.25) is 0 Å². The van der Waals surface area contributed by atoms with Gasteiger partial charge in [0, 0.05) is 25.2 Å². The summed E-state index contributed by atoms with van der Waals surface area (Å²) >= 11 is 0. The number of piperidine rings is 1. The van der Waals surface area contributed by atoms with E-state index in [4.69, 9.17) is 9.47 Å². The molecule has 2 atom stereocenters. The van der Waals surface area contributed by atoms with Crippen molar-refractivity contribution >= 4 is 18.3 Å². The summed E-state index contributed by atoms with van der Waals surface area (Å²) in [5.74, 6) is 0.609. The van der Waals surface area contributed by atoms with E-state index in [-0.39, 0.29) is 24.4 Å². The molecule has 1 aromatic carbocycles. The van der Waals surface area contributed by atoms with Gasteiger partial charge in [0.25, 0.3) is 5.91 Å². The van der Waals surface area contributed by atoms with Gasteiger partial charge in [-0.05, 0) is 56.9 Å². The highest BCUT2D eigenvalue weighted by Gasteiger charge is 2.34. The molecular weight excluding hydrogens is 394 g/mol. The first-order valence-corrected chi connectivity index (χ1v) is 9.85. The minimum Gasteiger partial charge on any atom is -0.491 e. The lowest BCUT2D eigenvalue weighted by atomic mass is 10.00. The lowest BCUT2D eigenvalue weighted by Gasteiger charge is -2.29. The predicted molar refractivity (Wildman–Crippen MR) is 111 cm³/mol. The van der Waals surface area contributed by atoms with E-state index in [2.05, 4.69) is 20.8 Å². The molecule has 2 unspecified atom stereocenters. The Balaban J connectivity index is 0.00000240. The summed E-state index contributed by atoms with van der Waals surface area (Å²) < 4.78 is 10.5. The quantitative estimate of drug-likeness (QED) is 0.665. The van der Waals surface area contributed by atoms with Gasteiger partial charge in [0.1, 0.15) is 12.4 Å². The van der Waals surface area contributed by atoms with Crippen LogP contribution < -0.4 is 15.4 Å². The number of methoxy groups -OCH3 is 1. The first-order valence-electron chi connectivity index (χ1n) is 9.85. The summed E-state index contributed by atoms with van der Waals surface area (Å²) in [5.41, 5.74) is 1.78. The maximum Gasteiger partial charge on any atom is 0.273 e. The van der Waals surface area contributed by atoms with Crippen LogP contribution in [0.4, 0.5) is 0 Å². The Morgan fingerprint density at radius 2 is 1.86 bits per heavy atom. The van der Waals surface area contributed by atoms with Crippen molar-refractivity contribution in [1.82, 2.24) is 25.6 Å². The zero-order chi connectivity index (χ0) is 19.5. The van der Waals surface area contributed by atoms with Crippen molar-refractivity contribution in [3.05, 3.63) is 35.7 Å². The van der Waals surface area contributed by atoms with Crippen molar-refractivity contribution < 1.29 is 14.3 Å². The fourth-order valence-electron chi connectivity index (χ4n) is 4.05. The van der Waals surface area contributed by atoms with Crippen LogP contribution in [-0.2, 0) is 4.74 Å². The molecule has 8 nitrogen and oxygen atoms in total. The fourth-order valence-corrected chi connectivity index (χ4v) is 4.05. The molecule has 4 rings (SSSR count). The van der Waals surface area contributed by atoms with Gasteiger partial charge in [-0.15, -0.1) is 17.5 Å². The molecule has 1 aromatic heterocycles. The molecule has 0 radical (unpaired) electrons. The number of benzene rings is 1. The van der Waals surface area contributed by atoms with Crippen LogP contribution in [0.3, 0.4) is 0 Å². The van der Waals surface area contributed by atoms with Crippen LogP contribution in [-0.4, -0.2) is 59.4 Å². The van der Waals surface area contributed by atoms with Crippen LogP contribution in [0.15, 0.2) is 24.3 Å². The van der Waals surface area contributed by atoms with E-state index in [9.17, 15) is 4.79 Å². The lowest BCUT2D eigenvalue weighted by Crippen LogP contribution is -2.48. The Bertz CT molecular complexity index is 814. The summed E-state index contributed by atoms with van der Waals surface area (Å²) in [6, 6.07) is 8.72. The Morgan fingerprint density at radius 1 is 1.17 bits per heavy atom. The monoisotopic (exact) mass is 421 g/mol. The number of rotatable bonds is 7. The van der Waals surface area contributed by atoms with Crippen molar-refractivity contribution in [2.24, 2.45) is 0 Å². The van der Waals surface area contributed by atoms with Gasteiger partial charge in [0.2, 0.25) is 0 Å². The summed E-state index contributed by atoms with van der Waals surface area (Å²) in [5, 5.41) is 15.6. The molecule has 2 aliphatic heterocycles. The summed E-state index contributed by atoms with van der Waals surface area (Å²) in [7, 11) is 1.64. The van der Waals surface area contributed by atoms with Gasteiger partial charge in [-0.3, -0.25) is 4.79 Å². The number of fused-ring (bicyclic) bond motifs is 2. The van der Waals surface area contributed by atoms with Gasteiger partial charge in [0.15, 0.2) is 5.69 Å². The number of ether oxygens (including phenoxy) is 2. The third-order valence-corrected chi connectivity index (χ3v) is 5.43. The number of carbonyl (C=O) groups excluding carboxylic acids is 1. The summed E-state index contributed by atoms with van der Waals surface area (Å²) in [6.45, 7) is 2.85. The van der Waals surface area contributed by atoms with E-state index in [1.54, 1.807) is 7.11 Å². The minimum atomic E-state index is -0.144. The third-order valence-electron chi connectivity index (χ3n) is 5.43. The number of hydrogen-bond donors (Lipinski definition) is 2. The fraction of sp³-hybridized carbons (Fsp3) is 0.550. The first kappa shape index (κ1) is 21.5. The van der Waals surface area contributed by atoms with Gasteiger partial charge in [-0.2, -0.15) is 9.90 Å². The van der Waals surface area contributed by atoms with E-state index in [1.165, 1.54) is 17.6 Å². The van der Waals surface area contributed by atoms with Gasteiger partial charge in [-0.1, -0.05) is 0 Å². The zero-order valence-corrected chi connectivity index (χ0v) is 17.6. The predicted octanol–water partition coefficient (Wildman–Crippen LogP) is 2.04. The van der Waals surface area contributed by atoms with Gasteiger partial charge in [0.05, 0.1) is 18.0 Å². The maximum atomic E-state index is 12.7. The second-order valence-electron chi connectivity index (χ2n) is 7.54. The zero-order valence-electron chi connectivity index (χ0n) is 16.8. The molecule has 1 amide bonds. The highest BCUT2D eigenvalue weighted by molar-refractivity contribution is 5.93. The molecular formula is C20H28ClN5O3. The molecule has 29 heavy (non-hydrogen) atoms. The van der Waals surface area contributed by atoms with Crippen LogP contribution in [0.25, 0.3) is 5.69 Å². The number of aromatic nitrogens is 3. The third kappa shape index (κ3) is 5.07. The number of aryl methyl sites for hydroxylation is 1. The first-order chi connectivity index (χ1) is 13.6. The molecule has 0 saturated carbocycles. The van der Waals surface area contributed by atoms with E-state index in [1.807, 2.05) is 31.2 Å². The van der Waals surface area contributed by atoms with E-state index < -0.39 is 0 Å². The average molecular weight is 422 g/mol. The van der Waals surface area contributed by atoms with Gasteiger partial charge in [-0.25, -0.2) is 0 Å². The van der Waals surface area contributed by atoms with Gasteiger partial charge >= 0.3 is 0 Å². The lowest BCUT2D eigenvalue weighted by molar-refractivity contribution is 0.0918. The molecule has 2 bridgehead atoms. The Hall–Kier alpha value is -2.16. The topological polar surface area (TPSA) is 90.3 Å². The highest BCUT2D eigenvalue weighted by atomic mass is 35.5. The van der Waals surface area contributed by atoms with Crippen molar-refractivity contribution in [1.29, 1.82) is 0 Å². The Morgan fingerprint density at radius 3 is 2.52 bits per heavy atom. The molecule has 9 heteroatoms. The second-order valence-corrected chi connectivity index (χ2v) is 7.54. The number of halogens is 1. The number of amides is 1.